The molecule has 24 heavy (non-hydrogen) atoms. The van der Waals surface area contributed by atoms with E-state index in [-0.39, 0.29) is 5.91 Å². The number of carbonyl (C=O) groups excluding carboxylic acids is 1. The summed E-state index contributed by atoms with van der Waals surface area (Å²) in [6.07, 6.45) is -0.493. The third-order valence-corrected chi connectivity index (χ3v) is 4.55. The number of rotatable bonds is 4. The van der Waals surface area contributed by atoms with Gasteiger partial charge in [-0.15, -0.1) is 0 Å². The summed E-state index contributed by atoms with van der Waals surface area (Å²) >= 11 is 0. The molecular weight excluding hydrogens is 304 g/mol. The molecule has 0 bridgehead atoms. The smallest absolute Gasteiger partial charge is 0.257 e. The zero-order chi connectivity index (χ0) is 17.1. The fourth-order valence-electron chi connectivity index (χ4n) is 3.17. The second-order valence-corrected chi connectivity index (χ2v) is 6.35. The van der Waals surface area contributed by atoms with E-state index in [0.717, 1.165) is 24.4 Å². The van der Waals surface area contributed by atoms with Crippen molar-refractivity contribution >= 4 is 5.91 Å². The second-order valence-electron chi connectivity index (χ2n) is 6.35. The Bertz CT molecular complexity index is 688. The number of piperazine rings is 1. The van der Waals surface area contributed by atoms with E-state index < -0.39 is 6.10 Å². The number of hydrogen-bond acceptors (Lipinski definition) is 4. The van der Waals surface area contributed by atoms with Crippen molar-refractivity contribution in [3.8, 4) is 0 Å². The van der Waals surface area contributed by atoms with E-state index in [0.29, 0.717) is 31.0 Å². The molecule has 1 atom stereocenters. The molecule has 1 N–H and O–H groups in total. The maximum absolute atomic E-state index is 12.6. The van der Waals surface area contributed by atoms with Crippen LogP contribution in [0.4, 0.5) is 0 Å². The molecule has 128 valence electrons. The highest BCUT2D eigenvalue weighted by Gasteiger charge is 2.25. The molecule has 2 aromatic rings. The molecule has 0 saturated carbocycles. The Hall–Kier alpha value is -2.11. The van der Waals surface area contributed by atoms with Crippen molar-refractivity contribution in [2.24, 2.45) is 0 Å². The molecule has 1 aliphatic rings. The number of carbonyl (C=O) groups is 1. The minimum Gasteiger partial charge on any atom is -0.466 e. The Labute approximate surface area is 142 Å². The Morgan fingerprint density at radius 3 is 2.42 bits per heavy atom. The highest BCUT2D eigenvalue weighted by Crippen LogP contribution is 2.18. The monoisotopic (exact) mass is 328 g/mol. The number of aliphatic hydroxyl groups is 1. The average molecular weight is 328 g/mol. The largest absolute Gasteiger partial charge is 0.466 e. The van der Waals surface area contributed by atoms with Gasteiger partial charge >= 0.3 is 0 Å². The summed E-state index contributed by atoms with van der Waals surface area (Å²) in [5.74, 6) is 1.48. The van der Waals surface area contributed by atoms with Crippen LogP contribution in [0.5, 0.6) is 0 Å². The number of aliphatic hydroxyl groups excluding tert-OH is 1. The van der Waals surface area contributed by atoms with E-state index in [1.165, 1.54) is 0 Å². The minimum atomic E-state index is -0.493. The van der Waals surface area contributed by atoms with Crippen LogP contribution in [0.25, 0.3) is 0 Å². The first-order chi connectivity index (χ1) is 11.5. The van der Waals surface area contributed by atoms with E-state index in [9.17, 15) is 9.90 Å². The maximum Gasteiger partial charge on any atom is 0.257 e. The third-order valence-electron chi connectivity index (χ3n) is 4.55. The van der Waals surface area contributed by atoms with Crippen LogP contribution < -0.4 is 0 Å². The number of benzene rings is 1. The molecule has 5 heteroatoms. The molecule has 1 saturated heterocycles. The van der Waals surface area contributed by atoms with Gasteiger partial charge in [-0.2, -0.15) is 0 Å². The fraction of sp³-hybridized carbons (Fsp3) is 0.421. The average Bonchev–Trinajstić information content (AvgIpc) is 2.94. The van der Waals surface area contributed by atoms with Crippen LogP contribution in [0, 0.1) is 13.8 Å². The molecule has 0 aliphatic carbocycles. The number of furan rings is 1. The summed E-state index contributed by atoms with van der Waals surface area (Å²) in [6, 6.07) is 11.5. The normalized spacial score (nSPS) is 17.0. The number of aryl methyl sites for hydroxylation is 2. The van der Waals surface area contributed by atoms with Gasteiger partial charge in [0.05, 0.1) is 11.7 Å². The van der Waals surface area contributed by atoms with Crippen LogP contribution >= 0.6 is 0 Å². The summed E-state index contributed by atoms with van der Waals surface area (Å²) in [7, 11) is 0. The third kappa shape index (κ3) is 3.68. The molecular formula is C19H24N2O3. The summed E-state index contributed by atoms with van der Waals surface area (Å²) in [6.45, 7) is 7.15. The van der Waals surface area contributed by atoms with E-state index in [1.54, 1.807) is 0 Å². The topological polar surface area (TPSA) is 56.9 Å². The summed E-state index contributed by atoms with van der Waals surface area (Å²) < 4.78 is 5.46. The number of nitrogens with zero attached hydrogens (tertiary/aromatic N) is 2. The predicted molar refractivity (Wildman–Crippen MR) is 91.9 cm³/mol. The Kier molecular flexibility index (Phi) is 5.02. The van der Waals surface area contributed by atoms with Crippen LogP contribution in [0.15, 0.2) is 40.8 Å². The van der Waals surface area contributed by atoms with Crippen LogP contribution in [0.3, 0.4) is 0 Å². The quantitative estimate of drug-likeness (QED) is 0.936. The maximum atomic E-state index is 12.6. The van der Waals surface area contributed by atoms with E-state index in [2.05, 4.69) is 4.90 Å². The summed E-state index contributed by atoms with van der Waals surface area (Å²) in [4.78, 5) is 16.6. The first-order valence-corrected chi connectivity index (χ1v) is 8.36. The Balaban J connectivity index is 1.54. The van der Waals surface area contributed by atoms with Gasteiger partial charge in [0.2, 0.25) is 0 Å². The van der Waals surface area contributed by atoms with Gasteiger partial charge < -0.3 is 14.4 Å². The van der Waals surface area contributed by atoms with Gasteiger partial charge in [-0.25, -0.2) is 0 Å². The van der Waals surface area contributed by atoms with Crippen molar-refractivity contribution in [2.75, 3.05) is 32.7 Å². The van der Waals surface area contributed by atoms with Gasteiger partial charge in [-0.05, 0) is 25.5 Å². The van der Waals surface area contributed by atoms with Crippen molar-refractivity contribution in [2.45, 2.75) is 20.0 Å². The highest BCUT2D eigenvalue weighted by atomic mass is 16.3. The highest BCUT2D eigenvalue weighted by molar-refractivity contribution is 5.95. The summed E-state index contributed by atoms with van der Waals surface area (Å²) in [5, 5.41) is 10.3. The lowest BCUT2D eigenvalue weighted by Gasteiger charge is -2.35. The van der Waals surface area contributed by atoms with Crippen molar-refractivity contribution in [1.29, 1.82) is 0 Å². The lowest BCUT2D eigenvalue weighted by molar-refractivity contribution is 0.0526. The fourth-order valence-corrected chi connectivity index (χ4v) is 3.17. The molecule has 0 spiro atoms. The zero-order valence-corrected chi connectivity index (χ0v) is 14.2. The molecule has 1 fully saturated rings. The van der Waals surface area contributed by atoms with Crippen molar-refractivity contribution in [1.82, 2.24) is 9.80 Å². The van der Waals surface area contributed by atoms with Crippen LogP contribution in [-0.4, -0.2) is 53.5 Å². The molecule has 1 aromatic heterocycles. The molecule has 1 aromatic carbocycles. The van der Waals surface area contributed by atoms with Gasteiger partial charge in [0.15, 0.2) is 0 Å². The SMILES string of the molecule is Cc1cc(C(=O)N2CCN(C[C@H](O)c3ccccc3)CC2)c(C)o1. The van der Waals surface area contributed by atoms with Crippen molar-refractivity contribution in [3.63, 3.8) is 0 Å². The van der Waals surface area contributed by atoms with Gasteiger partial charge in [-0.1, -0.05) is 30.3 Å². The minimum absolute atomic E-state index is 0.0348. The Morgan fingerprint density at radius 1 is 1.17 bits per heavy atom. The number of β-amino-alcohol motifs (C(OH)–C–C–N with tert-alkyl or cyclic N) is 1. The molecule has 1 amide bonds. The van der Waals surface area contributed by atoms with Crippen molar-refractivity contribution in [3.05, 3.63) is 59.0 Å². The van der Waals surface area contributed by atoms with Gasteiger partial charge in [0, 0.05) is 32.7 Å². The lowest BCUT2D eigenvalue weighted by Crippen LogP contribution is -2.49. The van der Waals surface area contributed by atoms with Crippen LogP contribution in [0.1, 0.15) is 33.5 Å². The lowest BCUT2D eigenvalue weighted by atomic mass is 10.1. The molecule has 0 unspecified atom stereocenters. The first kappa shape index (κ1) is 16.7. The first-order valence-electron chi connectivity index (χ1n) is 8.36. The van der Waals surface area contributed by atoms with Gasteiger partial charge in [0.1, 0.15) is 11.5 Å². The van der Waals surface area contributed by atoms with Crippen LogP contribution in [-0.2, 0) is 0 Å². The molecule has 3 rings (SSSR count). The Morgan fingerprint density at radius 2 is 1.83 bits per heavy atom. The number of hydrogen-bond donors (Lipinski definition) is 1. The zero-order valence-electron chi connectivity index (χ0n) is 14.2. The molecule has 0 radical (unpaired) electrons. The van der Waals surface area contributed by atoms with Crippen molar-refractivity contribution < 1.29 is 14.3 Å². The van der Waals surface area contributed by atoms with Gasteiger partial charge in [0.25, 0.3) is 5.91 Å². The molecule has 2 heterocycles. The van der Waals surface area contributed by atoms with E-state index in [1.807, 2.05) is 55.1 Å². The van der Waals surface area contributed by atoms with Gasteiger partial charge in [-0.3, -0.25) is 9.69 Å². The second kappa shape index (κ2) is 7.20. The molecule has 1 aliphatic heterocycles. The van der Waals surface area contributed by atoms with E-state index >= 15 is 0 Å². The van der Waals surface area contributed by atoms with E-state index in [4.69, 9.17) is 4.42 Å². The summed E-state index contributed by atoms with van der Waals surface area (Å²) in [5.41, 5.74) is 1.59. The molecule has 5 nitrogen and oxygen atoms in total. The predicted octanol–water partition coefficient (Wildman–Crippen LogP) is 2.39. The standard InChI is InChI=1S/C19H24N2O3/c1-14-12-17(15(2)24-14)19(23)21-10-8-20(9-11-21)13-18(22)16-6-4-3-5-7-16/h3-7,12,18,22H,8-11,13H2,1-2H3/t18-/m0/s1. The van der Waals surface area contributed by atoms with Crippen LogP contribution in [0.2, 0.25) is 0 Å². The number of amides is 1.